The molecule has 0 radical (unpaired) electrons. The Hall–Kier alpha value is -3.67. The number of rotatable bonds is 4. The number of nitrogens with zero attached hydrogens (tertiary/aromatic N) is 4. The molecule has 1 aliphatic rings. The van der Waals surface area contributed by atoms with Crippen molar-refractivity contribution in [3.8, 4) is 16.9 Å². The predicted molar refractivity (Wildman–Crippen MR) is 130 cm³/mol. The van der Waals surface area contributed by atoms with Gasteiger partial charge in [0.05, 0.1) is 24.5 Å². The monoisotopic (exact) mass is 440 g/mol. The molecular formula is C27H28N4O2. The summed E-state index contributed by atoms with van der Waals surface area (Å²) >= 11 is 0. The number of aryl methyl sites for hydroxylation is 2. The molecule has 0 aliphatic carbocycles. The quantitative estimate of drug-likeness (QED) is 0.449. The van der Waals surface area contributed by atoms with Gasteiger partial charge in [-0.1, -0.05) is 12.1 Å². The number of piperidine rings is 1. The molecule has 1 atom stereocenters. The standard InChI is InChI=1S/C27H28N4O2/c1-18-13-22(19-6-9-23(33-3)10-7-19)15-24(29-18)21-5-4-12-31(16-21)27(32)20-8-11-26-25(14-20)28-17-30(26)2/h6-11,13-15,17,21H,4-5,12,16H2,1-3H3/t21-/m0/s1. The molecule has 0 bridgehead atoms. The number of pyridine rings is 1. The van der Waals surface area contributed by atoms with Crippen molar-refractivity contribution in [2.24, 2.45) is 7.05 Å². The largest absolute Gasteiger partial charge is 0.497 e. The Morgan fingerprint density at radius 1 is 1.06 bits per heavy atom. The van der Waals surface area contributed by atoms with Gasteiger partial charge in [0.2, 0.25) is 0 Å². The van der Waals surface area contributed by atoms with Crippen molar-refractivity contribution in [2.75, 3.05) is 20.2 Å². The summed E-state index contributed by atoms with van der Waals surface area (Å²) in [5.41, 5.74) is 6.89. The van der Waals surface area contributed by atoms with Crippen LogP contribution < -0.4 is 4.74 Å². The van der Waals surface area contributed by atoms with E-state index in [2.05, 4.69) is 29.2 Å². The molecule has 6 nitrogen and oxygen atoms in total. The van der Waals surface area contributed by atoms with Crippen LogP contribution in [0.2, 0.25) is 0 Å². The van der Waals surface area contributed by atoms with E-state index in [4.69, 9.17) is 9.72 Å². The zero-order valence-corrected chi connectivity index (χ0v) is 19.3. The van der Waals surface area contributed by atoms with Crippen LogP contribution in [0.15, 0.2) is 60.9 Å². The van der Waals surface area contributed by atoms with E-state index in [1.807, 2.05) is 53.8 Å². The average molecular weight is 441 g/mol. The highest BCUT2D eigenvalue weighted by Crippen LogP contribution is 2.31. The van der Waals surface area contributed by atoms with Gasteiger partial charge in [-0.05, 0) is 73.4 Å². The Labute approximate surface area is 193 Å². The minimum absolute atomic E-state index is 0.0651. The van der Waals surface area contributed by atoms with E-state index in [1.165, 1.54) is 0 Å². The van der Waals surface area contributed by atoms with Crippen LogP contribution in [-0.2, 0) is 7.05 Å². The van der Waals surface area contributed by atoms with E-state index in [9.17, 15) is 4.79 Å². The average Bonchev–Trinajstić information content (AvgIpc) is 3.23. The van der Waals surface area contributed by atoms with Gasteiger partial charge in [-0.15, -0.1) is 0 Å². The third kappa shape index (κ3) is 4.21. The number of hydrogen-bond donors (Lipinski definition) is 0. The first-order valence-corrected chi connectivity index (χ1v) is 11.3. The first-order chi connectivity index (χ1) is 16.0. The summed E-state index contributed by atoms with van der Waals surface area (Å²) in [7, 11) is 3.63. The Morgan fingerprint density at radius 2 is 1.88 bits per heavy atom. The van der Waals surface area contributed by atoms with E-state index >= 15 is 0 Å². The predicted octanol–water partition coefficient (Wildman–Crippen LogP) is 4.97. The van der Waals surface area contributed by atoms with Crippen molar-refractivity contribution in [3.63, 3.8) is 0 Å². The number of carbonyl (C=O) groups is 1. The van der Waals surface area contributed by atoms with Crippen molar-refractivity contribution in [1.82, 2.24) is 19.4 Å². The second-order valence-electron chi connectivity index (χ2n) is 8.80. The Kier molecular flexibility index (Phi) is 5.58. The highest BCUT2D eigenvalue weighted by atomic mass is 16.5. The summed E-state index contributed by atoms with van der Waals surface area (Å²) in [6.07, 6.45) is 3.77. The molecule has 2 aromatic heterocycles. The van der Waals surface area contributed by atoms with Gasteiger partial charge in [-0.25, -0.2) is 4.98 Å². The second kappa shape index (κ2) is 8.70. The van der Waals surface area contributed by atoms with E-state index in [0.29, 0.717) is 12.1 Å². The molecule has 33 heavy (non-hydrogen) atoms. The van der Waals surface area contributed by atoms with Crippen LogP contribution in [0.4, 0.5) is 0 Å². The van der Waals surface area contributed by atoms with Crippen LogP contribution in [0.5, 0.6) is 5.75 Å². The van der Waals surface area contributed by atoms with Crippen molar-refractivity contribution in [1.29, 1.82) is 0 Å². The van der Waals surface area contributed by atoms with Crippen LogP contribution in [0.1, 0.15) is 40.5 Å². The number of ether oxygens (including phenoxy) is 1. The van der Waals surface area contributed by atoms with Crippen LogP contribution >= 0.6 is 0 Å². The zero-order chi connectivity index (χ0) is 22.9. The van der Waals surface area contributed by atoms with Gasteiger partial charge in [0.15, 0.2) is 0 Å². The maximum atomic E-state index is 13.3. The molecule has 3 heterocycles. The van der Waals surface area contributed by atoms with Crippen LogP contribution in [0, 0.1) is 6.92 Å². The molecule has 168 valence electrons. The lowest BCUT2D eigenvalue weighted by Crippen LogP contribution is -2.39. The van der Waals surface area contributed by atoms with Gasteiger partial charge in [0, 0.05) is 43.0 Å². The van der Waals surface area contributed by atoms with Crippen molar-refractivity contribution in [3.05, 3.63) is 77.9 Å². The first kappa shape index (κ1) is 21.2. The molecule has 1 saturated heterocycles. The lowest BCUT2D eigenvalue weighted by molar-refractivity contribution is 0.0706. The highest BCUT2D eigenvalue weighted by molar-refractivity contribution is 5.97. The van der Waals surface area contributed by atoms with Crippen LogP contribution in [-0.4, -0.2) is 45.5 Å². The molecule has 1 aliphatic heterocycles. The van der Waals surface area contributed by atoms with Gasteiger partial charge in [0.25, 0.3) is 5.91 Å². The van der Waals surface area contributed by atoms with Crippen LogP contribution in [0.3, 0.4) is 0 Å². The summed E-state index contributed by atoms with van der Waals surface area (Å²) in [6.45, 7) is 3.48. The molecule has 0 N–H and O–H groups in total. The fourth-order valence-electron chi connectivity index (χ4n) is 4.71. The number of amides is 1. The summed E-state index contributed by atoms with van der Waals surface area (Å²) in [5, 5.41) is 0. The summed E-state index contributed by atoms with van der Waals surface area (Å²) in [4.78, 5) is 24.5. The molecule has 0 unspecified atom stereocenters. The van der Waals surface area contributed by atoms with Gasteiger partial charge < -0.3 is 14.2 Å². The van der Waals surface area contributed by atoms with Gasteiger partial charge in [-0.2, -0.15) is 0 Å². The maximum Gasteiger partial charge on any atom is 0.253 e. The number of benzene rings is 2. The topological polar surface area (TPSA) is 60.2 Å². The summed E-state index contributed by atoms with van der Waals surface area (Å²) in [6, 6.07) is 18.2. The summed E-state index contributed by atoms with van der Waals surface area (Å²) in [5.74, 6) is 1.13. The maximum absolute atomic E-state index is 13.3. The van der Waals surface area contributed by atoms with Gasteiger partial charge in [0.1, 0.15) is 5.75 Å². The van der Waals surface area contributed by atoms with E-state index in [0.717, 1.165) is 58.7 Å². The SMILES string of the molecule is COc1ccc(-c2cc(C)nc([C@H]3CCCN(C(=O)c4ccc5c(c4)ncn5C)C3)c2)cc1. The van der Waals surface area contributed by atoms with Crippen molar-refractivity contribution >= 4 is 16.9 Å². The fraction of sp³-hybridized carbons (Fsp3) is 0.296. The molecule has 2 aromatic carbocycles. The number of carbonyl (C=O) groups excluding carboxylic acids is 1. The molecule has 6 heteroatoms. The molecule has 1 amide bonds. The highest BCUT2D eigenvalue weighted by Gasteiger charge is 2.27. The number of likely N-dealkylation sites (tertiary alicyclic amines) is 1. The molecule has 0 saturated carbocycles. The third-order valence-electron chi connectivity index (χ3n) is 6.50. The van der Waals surface area contributed by atoms with Gasteiger partial charge >= 0.3 is 0 Å². The fourth-order valence-corrected chi connectivity index (χ4v) is 4.71. The minimum atomic E-state index is 0.0651. The zero-order valence-electron chi connectivity index (χ0n) is 19.3. The second-order valence-corrected chi connectivity index (χ2v) is 8.80. The number of hydrogen-bond acceptors (Lipinski definition) is 4. The number of methoxy groups -OCH3 is 1. The van der Waals surface area contributed by atoms with Crippen LogP contribution in [0.25, 0.3) is 22.2 Å². The Balaban J connectivity index is 1.38. The minimum Gasteiger partial charge on any atom is -0.497 e. The van der Waals surface area contributed by atoms with E-state index in [-0.39, 0.29) is 11.8 Å². The molecule has 5 rings (SSSR count). The van der Waals surface area contributed by atoms with Gasteiger partial charge in [-0.3, -0.25) is 9.78 Å². The molecule has 0 spiro atoms. The lowest BCUT2D eigenvalue weighted by Gasteiger charge is -2.33. The number of imidazole rings is 1. The molecular weight excluding hydrogens is 412 g/mol. The van der Waals surface area contributed by atoms with Crippen molar-refractivity contribution < 1.29 is 9.53 Å². The lowest BCUT2D eigenvalue weighted by atomic mass is 9.91. The third-order valence-corrected chi connectivity index (χ3v) is 6.50. The first-order valence-electron chi connectivity index (χ1n) is 11.3. The molecule has 1 fully saturated rings. The molecule has 4 aromatic rings. The Bertz CT molecular complexity index is 1310. The normalized spacial score (nSPS) is 16.2. The Morgan fingerprint density at radius 3 is 2.67 bits per heavy atom. The number of fused-ring (bicyclic) bond motifs is 1. The van der Waals surface area contributed by atoms with Crippen molar-refractivity contribution in [2.45, 2.75) is 25.7 Å². The number of aromatic nitrogens is 3. The van der Waals surface area contributed by atoms with E-state index in [1.54, 1.807) is 13.4 Å². The van der Waals surface area contributed by atoms with E-state index < -0.39 is 0 Å². The smallest absolute Gasteiger partial charge is 0.253 e. The summed E-state index contributed by atoms with van der Waals surface area (Å²) < 4.78 is 7.25.